The van der Waals surface area contributed by atoms with Gasteiger partial charge in [0.2, 0.25) is 0 Å². The summed E-state index contributed by atoms with van der Waals surface area (Å²) in [6.07, 6.45) is 0. The molecule has 5 nitrogen and oxygen atoms in total. The lowest BCUT2D eigenvalue weighted by Crippen LogP contribution is -2.40. The zero-order valence-electron chi connectivity index (χ0n) is 12.6. The highest BCUT2D eigenvalue weighted by Gasteiger charge is 2.33. The highest BCUT2D eigenvalue weighted by Crippen LogP contribution is 2.36. The first-order chi connectivity index (χ1) is 10.4. The Morgan fingerprint density at radius 2 is 0.905 bits per heavy atom. The van der Waals surface area contributed by atoms with Crippen LogP contribution >= 0.6 is 23.5 Å². The molecule has 0 aromatic heterocycles. The molecule has 2 rings (SSSR count). The predicted octanol–water partition coefficient (Wildman–Crippen LogP) is 1.51. The van der Waals surface area contributed by atoms with Crippen molar-refractivity contribution in [3.05, 3.63) is 0 Å². The van der Waals surface area contributed by atoms with E-state index < -0.39 is 0 Å². The van der Waals surface area contributed by atoms with Crippen LogP contribution in [0.5, 0.6) is 0 Å². The van der Waals surface area contributed by atoms with Crippen molar-refractivity contribution in [3.8, 4) is 0 Å². The molecular weight excluding hydrogens is 312 g/mol. The molecule has 0 N–H and O–H groups in total. The van der Waals surface area contributed by atoms with Gasteiger partial charge < -0.3 is 23.7 Å². The van der Waals surface area contributed by atoms with E-state index in [2.05, 4.69) is 0 Å². The van der Waals surface area contributed by atoms with Gasteiger partial charge in [-0.05, 0) is 0 Å². The quantitative estimate of drug-likeness (QED) is 0.663. The molecule has 2 fully saturated rings. The van der Waals surface area contributed by atoms with Crippen LogP contribution in [0, 0.1) is 5.41 Å². The van der Waals surface area contributed by atoms with Gasteiger partial charge in [0.05, 0.1) is 66.1 Å². The Bertz CT molecular complexity index is 244. The first kappa shape index (κ1) is 17.8. The first-order valence-electron chi connectivity index (χ1n) is 7.46. The van der Waals surface area contributed by atoms with Crippen LogP contribution in [-0.4, -0.2) is 82.7 Å². The van der Waals surface area contributed by atoms with Crippen LogP contribution < -0.4 is 0 Å². The van der Waals surface area contributed by atoms with E-state index in [9.17, 15) is 0 Å². The lowest BCUT2D eigenvalue weighted by atomic mass is 9.95. The second-order valence-corrected chi connectivity index (χ2v) is 7.59. The minimum Gasteiger partial charge on any atom is -0.378 e. The molecule has 0 amide bonds. The molecule has 0 atom stereocenters. The zero-order chi connectivity index (χ0) is 14.6. The molecule has 0 unspecified atom stereocenters. The minimum absolute atomic E-state index is 0.133. The topological polar surface area (TPSA) is 46.2 Å². The molecule has 7 heteroatoms. The molecule has 124 valence electrons. The van der Waals surface area contributed by atoms with Crippen molar-refractivity contribution in [1.82, 2.24) is 0 Å². The van der Waals surface area contributed by atoms with Gasteiger partial charge in [-0.1, -0.05) is 0 Å². The zero-order valence-corrected chi connectivity index (χ0v) is 14.2. The van der Waals surface area contributed by atoms with Gasteiger partial charge in [0.1, 0.15) is 0 Å². The van der Waals surface area contributed by atoms with Crippen LogP contribution in [0.1, 0.15) is 0 Å². The summed E-state index contributed by atoms with van der Waals surface area (Å²) in [5.74, 6) is 2.21. The van der Waals surface area contributed by atoms with E-state index in [1.165, 1.54) is 5.08 Å². The Morgan fingerprint density at radius 1 is 0.524 bits per heavy atom. The molecular formula is C14H26O5S2. The van der Waals surface area contributed by atoms with Crippen molar-refractivity contribution in [2.24, 2.45) is 5.41 Å². The lowest BCUT2D eigenvalue weighted by molar-refractivity contribution is -0.0482. The van der Waals surface area contributed by atoms with E-state index in [4.69, 9.17) is 23.7 Å². The Kier molecular flexibility index (Phi) is 9.43. The number of hydrogen-bond donors (Lipinski definition) is 0. The lowest BCUT2D eigenvalue weighted by Gasteiger charge is -2.35. The van der Waals surface area contributed by atoms with Crippen LogP contribution in [0.4, 0.5) is 0 Å². The molecule has 0 saturated carbocycles. The molecule has 1 spiro atoms. The first-order valence-corrected chi connectivity index (χ1v) is 9.77. The normalized spacial score (nSPS) is 27.4. The van der Waals surface area contributed by atoms with Crippen LogP contribution in [0.15, 0.2) is 0 Å². The smallest absolute Gasteiger partial charge is 0.0701 e. The second kappa shape index (κ2) is 11.1. The van der Waals surface area contributed by atoms with E-state index >= 15 is 0 Å². The van der Waals surface area contributed by atoms with Crippen LogP contribution in [0.3, 0.4) is 0 Å². The minimum atomic E-state index is 0.133. The molecule has 0 bridgehead atoms. The highest BCUT2D eigenvalue weighted by molar-refractivity contribution is 8.16. The van der Waals surface area contributed by atoms with Crippen molar-refractivity contribution in [2.45, 2.75) is 0 Å². The third kappa shape index (κ3) is 7.54. The summed E-state index contributed by atoms with van der Waals surface area (Å²) in [7, 11) is 0. The highest BCUT2D eigenvalue weighted by atomic mass is 32.2. The maximum absolute atomic E-state index is 5.82. The Labute approximate surface area is 135 Å². The molecule has 0 aliphatic carbocycles. The van der Waals surface area contributed by atoms with Gasteiger partial charge in [-0.25, -0.2) is 0 Å². The van der Waals surface area contributed by atoms with E-state index in [0.29, 0.717) is 52.9 Å². The average Bonchev–Trinajstić information content (AvgIpc) is 2.51. The fraction of sp³-hybridized carbons (Fsp3) is 1.00. The van der Waals surface area contributed by atoms with Crippen molar-refractivity contribution in [2.75, 3.05) is 82.7 Å². The van der Waals surface area contributed by atoms with Gasteiger partial charge in [-0.2, -0.15) is 23.5 Å². The molecule has 21 heavy (non-hydrogen) atoms. The van der Waals surface area contributed by atoms with E-state index in [-0.39, 0.29) is 5.41 Å². The maximum atomic E-state index is 5.82. The van der Waals surface area contributed by atoms with E-state index in [0.717, 1.165) is 24.7 Å². The summed E-state index contributed by atoms with van der Waals surface area (Å²) >= 11 is 3.95. The summed E-state index contributed by atoms with van der Waals surface area (Å²) in [6.45, 7) is 6.46. The van der Waals surface area contributed by atoms with Crippen LogP contribution in [-0.2, 0) is 23.7 Å². The van der Waals surface area contributed by atoms with Gasteiger partial charge in [-0.3, -0.25) is 0 Å². The monoisotopic (exact) mass is 338 g/mol. The van der Waals surface area contributed by atoms with Gasteiger partial charge in [-0.15, -0.1) is 0 Å². The number of ether oxygens (including phenoxy) is 5. The summed E-state index contributed by atoms with van der Waals surface area (Å²) < 4.78 is 28.0. The average molecular weight is 338 g/mol. The number of hydrogen-bond acceptors (Lipinski definition) is 7. The van der Waals surface area contributed by atoms with Crippen molar-refractivity contribution < 1.29 is 23.7 Å². The van der Waals surface area contributed by atoms with E-state index in [1.807, 2.05) is 23.5 Å². The summed E-state index contributed by atoms with van der Waals surface area (Å²) in [6, 6.07) is 0. The molecule has 2 heterocycles. The van der Waals surface area contributed by atoms with Crippen molar-refractivity contribution in [1.29, 1.82) is 0 Å². The van der Waals surface area contributed by atoms with Crippen molar-refractivity contribution in [3.63, 3.8) is 0 Å². The molecule has 2 aliphatic heterocycles. The van der Waals surface area contributed by atoms with Gasteiger partial charge in [0.25, 0.3) is 0 Å². The fourth-order valence-corrected chi connectivity index (χ4v) is 4.85. The molecule has 2 aliphatic rings. The molecule has 2 saturated heterocycles. The third-order valence-electron chi connectivity index (χ3n) is 3.29. The van der Waals surface area contributed by atoms with Crippen LogP contribution in [0.2, 0.25) is 0 Å². The van der Waals surface area contributed by atoms with E-state index in [1.54, 1.807) is 0 Å². The Balaban J connectivity index is 1.75. The maximum Gasteiger partial charge on any atom is 0.0701 e. The second-order valence-electron chi connectivity index (χ2n) is 5.26. The largest absolute Gasteiger partial charge is 0.378 e. The molecule has 0 aromatic rings. The molecule has 0 radical (unpaired) electrons. The van der Waals surface area contributed by atoms with Crippen molar-refractivity contribution >= 4 is 23.5 Å². The summed E-state index contributed by atoms with van der Waals surface area (Å²) in [5, 5.41) is 1.17. The SMILES string of the molecule is C1COCCOCC2(COCCOCCO1)CSCSC2. The Morgan fingerprint density at radius 3 is 1.33 bits per heavy atom. The van der Waals surface area contributed by atoms with Gasteiger partial charge >= 0.3 is 0 Å². The predicted molar refractivity (Wildman–Crippen MR) is 86.3 cm³/mol. The number of rotatable bonds is 0. The van der Waals surface area contributed by atoms with Gasteiger partial charge in [0, 0.05) is 22.0 Å². The summed E-state index contributed by atoms with van der Waals surface area (Å²) in [5.41, 5.74) is 0.133. The summed E-state index contributed by atoms with van der Waals surface area (Å²) in [4.78, 5) is 0. The van der Waals surface area contributed by atoms with Crippen LogP contribution in [0.25, 0.3) is 0 Å². The molecule has 0 aromatic carbocycles. The standard InChI is InChI=1S/C14H26O5S2/c1-3-16-5-7-18-9-14(11-20-13-21-12-14)10-19-8-6-17-4-2-15-1/h1-13H2. The fourth-order valence-electron chi connectivity index (χ4n) is 2.18. The Hall–Kier alpha value is 0.500. The third-order valence-corrected chi connectivity index (χ3v) is 6.25. The van der Waals surface area contributed by atoms with Gasteiger partial charge in [0.15, 0.2) is 0 Å². The number of thioether (sulfide) groups is 2.